The largest absolute Gasteiger partial charge is 0.348 e. The number of hydrogen-bond acceptors (Lipinski definition) is 4. The smallest absolute Gasteiger partial charge is 0.242 e. The maximum atomic E-state index is 11.9. The van der Waals surface area contributed by atoms with Crippen molar-refractivity contribution in [2.45, 2.75) is 17.9 Å². The van der Waals surface area contributed by atoms with Crippen LogP contribution in [-0.2, 0) is 14.8 Å². The molecule has 0 bridgehead atoms. The minimum atomic E-state index is -3.42. The molecule has 0 spiro atoms. The van der Waals surface area contributed by atoms with E-state index in [2.05, 4.69) is 5.32 Å². The number of carbonyl (C=O) groups is 1. The van der Waals surface area contributed by atoms with E-state index in [9.17, 15) is 13.2 Å². The molecule has 19 heavy (non-hydrogen) atoms. The predicted molar refractivity (Wildman–Crippen MR) is 72.9 cm³/mol. The summed E-state index contributed by atoms with van der Waals surface area (Å²) in [5, 5.41) is 2.70. The summed E-state index contributed by atoms with van der Waals surface area (Å²) in [5.41, 5.74) is 6.04. The van der Waals surface area contributed by atoms with Gasteiger partial charge in [-0.1, -0.05) is 12.1 Å². The van der Waals surface area contributed by atoms with E-state index in [1.165, 1.54) is 26.2 Å². The average Bonchev–Trinajstić information content (AvgIpc) is 2.38. The molecule has 0 aliphatic carbocycles. The molecule has 1 atom stereocenters. The second-order valence-corrected chi connectivity index (χ2v) is 6.50. The van der Waals surface area contributed by atoms with Crippen molar-refractivity contribution < 1.29 is 13.2 Å². The van der Waals surface area contributed by atoms with Gasteiger partial charge in [0.1, 0.15) is 0 Å². The number of carbonyl (C=O) groups excluding carboxylic acids is 1. The second kappa shape index (κ2) is 6.14. The molecule has 0 fully saturated rings. The van der Waals surface area contributed by atoms with E-state index in [1.54, 1.807) is 12.1 Å². The Balaban J connectivity index is 2.91. The van der Waals surface area contributed by atoms with Crippen molar-refractivity contribution in [1.29, 1.82) is 0 Å². The van der Waals surface area contributed by atoms with Crippen molar-refractivity contribution in [3.8, 4) is 0 Å². The maximum Gasteiger partial charge on any atom is 0.242 e. The predicted octanol–water partition coefficient (Wildman–Crippen LogP) is 0.0728. The molecule has 0 aromatic heterocycles. The molecule has 7 heteroatoms. The molecule has 0 saturated carbocycles. The highest BCUT2D eigenvalue weighted by molar-refractivity contribution is 7.89. The molecule has 1 amide bonds. The van der Waals surface area contributed by atoms with E-state index < -0.39 is 10.0 Å². The van der Waals surface area contributed by atoms with Gasteiger partial charge in [0.2, 0.25) is 15.9 Å². The molecule has 0 radical (unpaired) electrons. The molecule has 1 aromatic rings. The Labute approximate surface area is 113 Å². The van der Waals surface area contributed by atoms with E-state index in [-0.39, 0.29) is 23.4 Å². The first-order valence-electron chi connectivity index (χ1n) is 5.81. The Bertz CT molecular complexity index is 538. The Morgan fingerprint density at radius 2 is 1.84 bits per heavy atom. The zero-order valence-corrected chi connectivity index (χ0v) is 12.1. The lowest BCUT2D eigenvalue weighted by molar-refractivity contribution is -0.120. The number of nitrogens with one attached hydrogen (secondary N) is 1. The highest BCUT2D eigenvalue weighted by Crippen LogP contribution is 2.17. The van der Waals surface area contributed by atoms with Gasteiger partial charge in [-0.05, 0) is 24.6 Å². The first-order chi connectivity index (χ1) is 8.78. The Morgan fingerprint density at radius 3 is 2.26 bits per heavy atom. The highest BCUT2D eigenvalue weighted by Gasteiger charge is 2.17. The van der Waals surface area contributed by atoms with Gasteiger partial charge in [0.25, 0.3) is 0 Å². The summed E-state index contributed by atoms with van der Waals surface area (Å²) in [4.78, 5) is 11.4. The van der Waals surface area contributed by atoms with Crippen LogP contribution in [0.5, 0.6) is 0 Å². The molecule has 0 aliphatic heterocycles. The van der Waals surface area contributed by atoms with Gasteiger partial charge < -0.3 is 11.1 Å². The molecule has 6 nitrogen and oxygen atoms in total. The molecular formula is C12H19N3O3S. The molecular weight excluding hydrogens is 266 g/mol. The lowest BCUT2D eigenvalue weighted by Gasteiger charge is -2.15. The van der Waals surface area contributed by atoms with Gasteiger partial charge >= 0.3 is 0 Å². The number of amides is 1. The SMILES string of the molecule is CC(NC(=O)CN)c1ccc(S(=O)(=O)N(C)C)cc1. The van der Waals surface area contributed by atoms with E-state index in [4.69, 9.17) is 5.73 Å². The molecule has 3 N–H and O–H groups in total. The minimum Gasteiger partial charge on any atom is -0.348 e. The van der Waals surface area contributed by atoms with Gasteiger partial charge in [0, 0.05) is 14.1 Å². The van der Waals surface area contributed by atoms with Crippen molar-refractivity contribution in [2.75, 3.05) is 20.6 Å². The lowest BCUT2D eigenvalue weighted by Crippen LogP contribution is -2.32. The van der Waals surface area contributed by atoms with Crippen molar-refractivity contribution in [3.05, 3.63) is 29.8 Å². The third-order valence-electron chi connectivity index (χ3n) is 2.72. The fourth-order valence-electron chi connectivity index (χ4n) is 1.52. The summed E-state index contributed by atoms with van der Waals surface area (Å²) in [6.07, 6.45) is 0. The van der Waals surface area contributed by atoms with Crippen molar-refractivity contribution in [1.82, 2.24) is 9.62 Å². The summed E-state index contributed by atoms with van der Waals surface area (Å²) >= 11 is 0. The van der Waals surface area contributed by atoms with E-state index in [0.29, 0.717) is 0 Å². The summed E-state index contributed by atoms with van der Waals surface area (Å²) in [6, 6.07) is 6.19. The number of sulfonamides is 1. The number of benzene rings is 1. The topological polar surface area (TPSA) is 92.5 Å². The molecule has 1 aromatic carbocycles. The Kier molecular flexibility index (Phi) is 5.04. The van der Waals surface area contributed by atoms with Crippen LogP contribution in [-0.4, -0.2) is 39.3 Å². The van der Waals surface area contributed by atoms with E-state index in [0.717, 1.165) is 9.87 Å². The van der Waals surface area contributed by atoms with Gasteiger partial charge in [-0.2, -0.15) is 0 Å². The number of rotatable bonds is 5. The van der Waals surface area contributed by atoms with Crippen LogP contribution in [0.1, 0.15) is 18.5 Å². The van der Waals surface area contributed by atoms with E-state index >= 15 is 0 Å². The normalized spacial score (nSPS) is 13.3. The van der Waals surface area contributed by atoms with Gasteiger partial charge in [-0.15, -0.1) is 0 Å². The van der Waals surface area contributed by atoms with Gasteiger partial charge in [0.05, 0.1) is 17.5 Å². The average molecular weight is 285 g/mol. The van der Waals surface area contributed by atoms with Gasteiger partial charge in [-0.3, -0.25) is 4.79 Å². The number of hydrogen-bond donors (Lipinski definition) is 2. The molecule has 0 aliphatic rings. The van der Waals surface area contributed by atoms with Crippen LogP contribution in [0.2, 0.25) is 0 Å². The Hall–Kier alpha value is -1.44. The van der Waals surface area contributed by atoms with Crippen molar-refractivity contribution >= 4 is 15.9 Å². The van der Waals surface area contributed by atoms with Gasteiger partial charge in [-0.25, -0.2) is 12.7 Å². The maximum absolute atomic E-state index is 11.9. The molecule has 0 saturated heterocycles. The fraction of sp³-hybridized carbons (Fsp3) is 0.417. The first kappa shape index (κ1) is 15.6. The summed E-state index contributed by atoms with van der Waals surface area (Å²) < 4.78 is 24.9. The lowest BCUT2D eigenvalue weighted by atomic mass is 10.1. The number of nitrogens with zero attached hydrogens (tertiary/aromatic N) is 1. The highest BCUT2D eigenvalue weighted by atomic mass is 32.2. The van der Waals surface area contributed by atoms with Crippen LogP contribution in [0.15, 0.2) is 29.2 Å². The monoisotopic (exact) mass is 285 g/mol. The second-order valence-electron chi connectivity index (χ2n) is 4.35. The van der Waals surface area contributed by atoms with Crippen LogP contribution >= 0.6 is 0 Å². The van der Waals surface area contributed by atoms with Crippen LogP contribution in [0.25, 0.3) is 0 Å². The van der Waals surface area contributed by atoms with Crippen molar-refractivity contribution in [3.63, 3.8) is 0 Å². The molecule has 1 rings (SSSR count). The summed E-state index contributed by atoms with van der Waals surface area (Å²) in [6.45, 7) is 1.74. The van der Waals surface area contributed by atoms with E-state index in [1.807, 2.05) is 6.92 Å². The molecule has 1 unspecified atom stereocenters. The molecule has 106 valence electrons. The zero-order valence-electron chi connectivity index (χ0n) is 11.3. The first-order valence-corrected chi connectivity index (χ1v) is 7.25. The van der Waals surface area contributed by atoms with Crippen LogP contribution in [0.3, 0.4) is 0 Å². The summed E-state index contributed by atoms with van der Waals surface area (Å²) in [7, 11) is -0.462. The number of nitrogens with two attached hydrogens (primary N) is 1. The third-order valence-corrected chi connectivity index (χ3v) is 4.55. The molecule has 0 heterocycles. The summed E-state index contributed by atoms with van der Waals surface area (Å²) in [5.74, 6) is -0.252. The standard InChI is InChI=1S/C12H19N3O3S/c1-9(14-12(16)8-13)10-4-6-11(7-5-10)19(17,18)15(2)3/h4-7,9H,8,13H2,1-3H3,(H,14,16). The third kappa shape index (κ3) is 3.76. The zero-order chi connectivity index (χ0) is 14.6. The van der Waals surface area contributed by atoms with Crippen LogP contribution in [0, 0.1) is 0 Å². The van der Waals surface area contributed by atoms with Crippen LogP contribution in [0.4, 0.5) is 0 Å². The van der Waals surface area contributed by atoms with Gasteiger partial charge in [0.15, 0.2) is 0 Å². The fourth-order valence-corrected chi connectivity index (χ4v) is 2.42. The quantitative estimate of drug-likeness (QED) is 0.801. The van der Waals surface area contributed by atoms with Crippen molar-refractivity contribution in [2.24, 2.45) is 5.73 Å². The van der Waals surface area contributed by atoms with Crippen LogP contribution < -0.4 is 11.1 Å². The Morgan fingerprint density at radius 1 is 1.32 bits per heavy atom. The minimum absolute atomic E-state index is 0.0720.